The van der Waals surface area contributed by atoms with E-state index in [0.29, 0.717) is 6.42 Å². The fourth-order valence-electron chi connectivity index (χ4n) is 2.21. The van der Waals surface area contributed by atoms with Crippen LogP contribution < -0.4 is 4.74 Å². The van der Waals surface area contributed by atoms with E-state index in [9.17, 15) is 5.11 Å². The molecular formula is C17H20O2. The van der Waals surface area contributed by atoms with E-state index in [-0.39, 0.29) is 0 Å². The Bertz CT molecular complexity index is 544. The number of hydrogen-bond donors (Lipinski definition) is 1. The zero-order valence-corrected chi connectivity index (χ0v) is 11.7. The van der Waals surface area contributed by atoms with Gasteiger partial charge in [-0.3, -0.25) is 0 Å². The van der Waals surface area contributed by atoms with Gasteiger partial charge in [0.2, 0.25) is 0 Å². The third-order valence-corrected chi connectivity index (χ3v) is 3.38. The Morgan fingerprint density at radius 1 is 1.05 bits per heavy atom. The maximum atomic E-state index is 10.4. The summed E-state index contributed by atoms with van der Waals surface area (Å²) < 4.78 is 5.13. The van der Waals surface area contributed by atoms with Crippen LogP contribution >= 0.6 is 0 Å². The van der Waals surface area contributed by atoms with E-state index < -0.39 is 6.10 Å². The first-order chi connectivity index (χ1) is 9.10. The van der Waals surface area contributed by atoms with Gasteiger partial charge in [-0.2, -0.15) is 0 Å². The second kappa shape index (κ2) is 5.89. The number of hydrogen-bond acceptors (Lipinski definition) is 2. The van der Waals surface area contributed by atoms with Gasteiger partial charge in [0, 0.05) is 6.42 Å². The van der Waals surface area contributed by atoms with Gasteiger partial charge in [-0.05, 0) is 42.7 Å². The molecule has 0 fully saturated rings. The van der Waals surface area contributed by atoms with Crippen molar-refractivity contribution in [3.8, 4) is 5.75 Å². The van der Waals surface area contributed by atoms with Gasteiger partial charge in [0.05, 0.1) is 13.2 Å². The summed E-state index contributed by atoms with van der Waals surface area (Å²) in [7, 11) is 1.65. The molecule has 1 unspecified atom stereocenters. The van der Waals surface area contributed by atoms with Crippen LogP contribution in [-0.2, 0) is 6.42 Å². The minimum atomic E-state index is -0.465. The lowest BCUT2D eigenvalue weighted by molar-refractivity contribution is 0.177. The second-order valence-corrected chi connectivity index (χ2v) is 4.93. The molecule has 0 aliphatic heterocycles. The summed E-state index contributed by atoms with van der Waals surface area (Å²) in [6.45, 7) is 4.08. The smallest absolute Gasteiger partial charge is 0.118 e. The van der Waals surface area contributed by atoms with E-state index in [1.165, 1.54) is 5.56 Å². The molecule has 1 atom stereocenters. The third-order valence-electron chi connectivity index (χ3n) is 3.38. The molecule has 2 nitrogen and oxygen atoms in total. The molecule has 100 valence electrons. The van der Waals surface area contributed by atoms with Crippen molar-refractivity contribution in [1.82, 2.24) is 0 Å². The maximum absolute atomic E-state index is 10.4. The quantitative estimate of drug-likeness (QED) is 0.906. The largest absolute Gasteiger partial charge is 0.497 e. The van der Waals surface area contributed by atoms with Crippen LogP contribution in [0.5, 0.6) is 5.75 Å². The van der Waals surface area contributed by atoms with Crippen LogP contribution in [0.25, 0.3) is 0 Å². The van der Waals surface area contributed by atoms with Crippen molar-refractivity contribution in [2.45, 2.75) is 26.4 Å². The lowest BCUT2D eigenvalue weighted by Crippen LogP contribution is -2.04. The Hall–Kier alpha value is -1.80. The number of aliphatic hydroxyl groups excluding tert-OH is 1. The lowest BCUT2D eigenvalue weighted by atomic mass is 9.96. The summed E-state index contributed by atoms with van der Waals surface area (Å²) in [6, 6.07) is 14.0. The number of rotatable bonds is 4. The molecule has 0 heterocycles. The predicted molar refractivity (Wildman–Crippen MR) is 77.6 cm³/mol. The minimum Gasteiger partial charge on any atom is -0.497 e. The summed E-state index contributed by atoms with van der Waals surface area (Å²) in [5.74, 6) is 0.838. The Morgan fingerprint density at radius 3 is 2.37 bits per heavy atom. The molecular weight excluding hydrogens is 236 g/mol. The Balaban J connectivity index is 2.15. The van der Waals surface area contributed by atoms with Gasteiger partial charge in [-0.15, -0.1) is 0 Å². The molecule has 2 aromatic rings. The average molecular weight is 256 g/mol. The van der Waals surface area contributed by atoms with Crippen molar-refractivity contribution in [3.63, 3.8) is 0 Å². The van der Waals surface area contributed by atoms with E-state index in [1.54, 1.807) is 7.11 Å². The highest BCUT2D eigenvalue weighted by atomic mass is 16.5. The van der Waals surface area contributed by atoms with Gasteiger partial charge in [-0.1, -0.05) is 35.9 Å². The Labute approximate surface area is 114 Å². The van der Waals surface area contributed by atoms with Crippen molar-refractivity contribution in [1.29, 1.82) is 0 Å². The van der Waals surface area contributed by atoms with E-state index in [4.69, 9.17) is 4.74 Å². The summed E-state index contributed by atoms with van der Waals surface area (Å²) in [5, 5.41) is 10.4. The summed E-state index contributed by atoms with van der Waals surface area (Å²) in [6.07, 6.45) is 0.155. The first kappa shape index (κ1) is 13.6. The van der Waals surface area contributed by atoms with Crippen molar-refractivity contribution in [3.05, 3.63) is 64.7 Å². The number of ether oxygens (including phenoxy) is 1. The molecule has 0 aliphatic carbocycles. The van der Waals surface area contributed by atoms with Gasteiger partial charge < -0.3 is 9.84 Å². The first-order valence-electron chi connectivity index (χ1n) is 6.48. The normalized spacial score (nSPS) is 12.2. The highest BCUT2D eigenvalue weighted by molar-refractivity contribution is 5.34. The standard InChI is InChI=1S/C17H20O2/c1-12-4-5-13(2)16(10-12)17(18)11-14-6-8-15(19-3)9-7-14/h4-10,17-18H,11H2,1-3H3. The van der Waals surface area contributed by atoms with Gasteiger partial charge >= 0.3 is 0 Å². The van der Waals surface area contributed by atoms with Crippen LogP contribution in [0.1, 0.15) is 28.4 Å². The number of aliphatic hydroxyl groups is 1. The number of methoxy groups -OCH3 is 1. The molecule has 0 amide bonds. The third kappa shape index (κ3) is 3.36. The zero-order valence-electron chi connectivity index (χ0n) is 11.7. The van der Waals surface area contributed by atoms with Crippen LogP contribution in [-0.4, -0.2) is 12.2 Å². The predicted octanol–water partition coefficient (Wildman–Crippen LogP) is 3.59. The summed E-state index contributed by atoms with van der Waals surface area (Å²) >= 11 is 0. The number of aryl methyl sites for hydroxylation is 2. The molecule has 0 spiro atoms. The molecule has 1 N–H and O–H groups in total. The fraction of sp³-hybridized carbons (Fsp3) is 0.294. The zero-order chi connectivity index (χ0) is 13.8. The average Bonchev–Trinajstić information content (AvgIpc) is 2.42. The van der Waals surface area contributed by atoms with Gasteiger partial charge in [-0.25, -0.2) is 0 Å². The highest BCUT2D eigenvalue weighted by Crippen LogP contribution is 2.23. The second-order valence-electron chi connectivity index (χ2n) is 4.93. The van der Waals surface area contributed by atoms with Crippen LogP contribution in [0.15, 0.2) is 42.5 Å². The maximum Gasteiger partial charge on any atom is 0.118 e. The first-order valence-corrected chi connectivity index (χ1v) is 6.48. The van der Waals surface area contributed by atoms with Crippen LogP contribution in [0.2, 0.25) is 0 Å². The van der Waals surface area contributed by atoms with E-state index >= 15 is 0 Å². The van der Waals surface area contributed by atoms with Gasteiger partial charge in [0.25, 0.3) is 0 Å². The summed E-state index contributed by atoms with van der Waals surface area (Å²) in [4.78, 5) is 0. The van der Waals surface area contributed by atoms with Crippen molar-refractivity contribution < 1.29 is 9.84 Å². The topological polar surface area (TPSA) is 29.5 Å². The molecule has 0 radical (unpaired) electrons. The van der Waals surface area contributed by atoms with E-state index in [1.807, 2.05) is 38.1 Å². The molecule has 0 saturated carbocycles. The molecule has 0 saturated heterocycles. The van der Waals surface area contributed by atoms with E-state index in [2.05, 4.69) is 18.2 Å². The Kier molecular flexibility index (Phi) is 4.23. The van der Waals surface area contributed by atoms with Crippen molar-refractivity contribution >= 4 is 0 Å². The van der Waals surface area contributed by atoms with Crippen LogP contribution in [0, 0.1) is 13.8 Å². The monoisotopic (exact) mass is 256 g/mol. The summed E-state index contributed by atoms with van der Waals surface area (Å²) in [5.41, 5.74) is 4.42. The molecule has 19 heavy (non-hydrogen) atoms. The molecule has 2 aromatic carbocycles. The lowest BCUT2D eigenvalue weighted by Gasteiger charge is -2.15. The van der Waals surface area contributed by atoms with Crippen LogP contribution in [0.3, 0.4) is 0 Å². The van der Waals surface area contributed by atoms with E-state index in [0.717, 1.165) is 22.4 Å². The van der Waals surface area contributed by atoms with Gasteiger partial charge in [0.15, 0.2) is 0 Å². The SMILES string of the molecule is COc1ccc(CC(O)c2cc(C)ccc2C)cc1. The molecule has 0 aromatic heterocycles. The molecule has 0 aliphatic rings. The molecule has 2 heteroatoms. The Morgan fingerprint density at radius 2 is 1.74 bits per heavy atom. The minimum absolute atomic E-state index is 0.465. The van der Waals surface area contributed by atoms with Crippen LogP contribution in [0.4, 0.5) is 0 Å². The van der Waals surface area contributed by atoms with Crippen molar-refractivity contribution in [2.24, 2.45) is 0 Å². The van der Waals surface area contributed by atoms with Gasteiger partial charge in [0.1, 0.15) is 5.75 Å². The molecule has 0 bridgehead atoms. The fourth-order valence-corrected chi connectivity index (χ4v) is 2.21. The molecule has 2 rings (SSSR count). The number of benzene rings is 2. The highest BCUT2D eigenvalue weighted by Gasteiger charge is 2.11. The van der Waals surface area contributed by atoms with Crippen molar-refractivity contribution in [2.75, 3.05) is 7.11 Å².